The van der Waals surface area contributed by atoms with Crippen LogP contribution in [0.3, 0.4) is 0 Å². The minimum atomic E-state index is -0.00562. The smallest absolute Gasteiger partial charge is 0.223 e. The normalized spacial score (nSPS) is 26.8. The molecule has 6 heteroatoms. The van der Waals surface area contributed by atoms with E-state index in [0.29, 0.717) is 24.2 Å². The number of aromatic nitrogens is 2. The number of rotatable bonds is 6. The molecule has 24 heavy (non-hydrogen) atoms. The Kier molecular flexibility index (Phi) is 4.60. The Morgan fingerprint density at radius 1 is 1.25 bits per heavy atom. The monoisotopic (exact) mass is 329 g/mol. The minimum Gasteiger partial charge on any atom is -0.375 e. The molecule has 1 aromatic heterocycles. The summed E-state index contributed by atoms with van der Waals surface area (Å²) < 4.78 is 17.0. The van der Waals surface area contributed by atoms with Crippen molar-refractivity contribution in [2.24, 2.45) is 5.92 Å². The van der Waals surface area contributed by atoms with Gasteiger partial charge in [0.2, 0.25) is 11.7 Å². The fraction of sp³-hybridized carbons (Fsp3) is 0.556. The van der Waals surface area contributed by atoms with E-state index in [1.54, 1.807) is 0 Å². The molecule has 128 valence electrons. The van der Waals surface area contributed by atoms with E-state index >= 15 is 0 Å². The van der Waals surface area contributed by atoms with Crippen LogP contribution in [0, 0.1) is 12.8 Å². The predicted molar refractivity (Wildman–Crippen MR) is 87.3 cm³/mol. The van der Waals surface area contributed by atoms with Crippen molar-refractivity contribution in [1.82, 2.24) is 15.0 Å². The van der Waals surface area contributed by atoms with Crippen LogP contribution in [0.5, 0.6) is 0 Å². The molecule has 3 atom stereocenters. The molecule has 0 unspecified atom stereocenters. The van der Waals surface area contributed by atoms with Crippen molar-refractivity contribution < 1.29 is 14.0 Å². The lowest BCUT2D eigenvalue weighted by molar-refractivity contribution is 0.0276. The molecule has 2 aromatic rings. The van der Waals surface area contributed by atoms with Crippen LogP contribution < -0.4 is 0 Å². The van der Waals surface area contributed by atoms with E-state index in [0.717, 1.165) is 32.7 Å². The highest BCUT2D eigenvalue weighted by Gasteiger charge is 2.43. The summed E-state index contributed by atoms with van der Waals surface area (Å²) >= 11 is 0. The average Bonchev–Trinajstić information content (AvgIpc) is 3.27. The van der Waals surface area contributed by atoms with Crippen LogP contribution in [0.25, 0.3) is 0 Å². The quantitative estimate of drug-likeness (QED) is 0.758. The van der Waals surface area contributed by atoms with Crippen molar-refractivity contribution in [2.45, 2.75) is 32.2 Å². The van der Waals surface area contributed by atoms with Gasteiger partial charge in [-0.3, -0.25) is 4.90 Å². The highest BCUT2D eigenvalue weighted by molar-refractivity contribution is 5.13. The molecule has 0 radical (unpaired) electrons. The third-order valence-electron chi connectivity index (χ3n) is 4.81. The van der Waals surface area contributed by atoms with Gasteiger partial charge in [0.25, 0.3) is 0 Å². The maximum absolute atomic E-state index is 6.12. The van der Waals surface area contributed by atoms with E-state index in [-0.39, 0.29) is 12.2 Å². The Bertz CT molecular complexity index is 647. The fourth-order valence-corrected chi connectivity index (χ4v) is 3.60. The van der Waals surface area contributed by atoms with Crippen molar-refractivity contribution in [3.63, 3.8) is 0 Å². The van der Waals surface area contributed by atoms with Gasteiger partial charge in [-0.2, -0.15) is 4.98 Å². The molecular weight excluding hydrogens is 306 g/mol. The number of fused-ring (bicyclic) bond motifs is 1. The van der Waals surface area contributed by atoms with E-state index in [9.17, 15) is 0 Å². The Hall–Kier alpha value is -1.76. The molecule has 0 saturated carbocycles. The van der Waals surface area contributed by atoms with Crippen LogP contribution in [0.2, 0.25) is 0 Å². The van der Waals surface area contributed by atoms with Crippen molar-refractivity contribution >= 4 is 0 Å². The van der Waals surface area contributed by atoms with Gasteiger partial charge < -0.3 is 14.0 Å². The number of ether oxygens (including phenoxy) is 2. The van der Waals surface area contributed by atoms with Gasteiger partial charge in [0.05, 0.1) is 19.3 Å². The Morgan fingerprint density at radius 3 is 2.88 bits per heavy atom. The maximum Gasteiger partial charge on any atom is 0.223 e. The van der Waals surface area contributed by atoms with Gasteiger partial charge >= 0.3 is 0 Å². The van der Waals surface area contributed by atoms with Gasteiger partial charge in [-0.05, 0) is 12.0 Å². The van der Waals surface area contributed by atoms with Crippen LogP contribution in [-0.2, 0) is 16.1 Å². The molecule has 6 nitrogen and oxygen atoms in total. The molecule has 3 heterocycles. The third-order valence-corrected chi connectivity index (χ3v) is 4.81. The highest BCUT2D eigenvalue weighted by atomic mass is 16.5. The van der Waals surface area contributed by atoms with E-state index in [2.05, 4.69) is 27.2 Å². The van der Waals surface area contributed by atoms with E-state index in [1.165, 1.54) is 5.56 Å². The summed E-state index contributed by atoms with van der Waals surface area (Å²) in [5.41, 5.74) is 1.22. The number of aryl methyl sites for hydroxylation is 1. The van der Waals surface area contributed by atoms with Crippen LogP contribution >= 0.6 is 0 Å². The molecule has 0 amide bonds. The minimum absolute atomic E-state index is 0.00562. The van der Waals surface area contributed by atoms with Crippen molar-refractivity contribution in [3.05, 3.63) is 47.6 Å². The standard InChI is InChI=1S/C18H23N3O3/c1-13-19-18(20-24-13)16-9-15-10-21(11-17(15)23-16)7-8-22-12-14-5-3-2-4-6-14/h2-6,15-17H,7-12H2,1H3/t15-,16-,17+/m0/s1. The zero-order valence-corrected chi connectivity index (χ0v) is 13.9. The SMILES string of the molecule is Cc1nc([C@@H]2C[C@H]3CN(CCOCc4ccccc4)C[C@H]3O2)no1. The molecule has 0 N–H and O–H groups in total. The number of hydrogen-bond acceptors (Lipinski definition) is 6. The summed E-state index contributed by atoms with van der Waals surface area (Å²) in [4.78, 5) is 6.72. The summed E-state index contributed by atoms with van der Waals surface area (Å²) in [7, 11) is 0. The van der Waals surface area contributed by atoms with Gasteiger partial charge in [0, 0.05) is 32.5 Å². The van der Waals surface area contributed by atoms with Gasteiger partial charge in [0.1, 0.15) is 6.10 Å². The molecule has 2 fully saturated rings. The van der Waals surface area contributed by atoms with Gasteiger partial charge in [0.15, 0.2) is 0 Å². The van der Waals surface area contributed by atoms with Crippen molar-refractivity contribution in [1.29, 1.82) is 0 Å². The molecule has 2 aliphatic heterocycles. The highest BCUT2D eigenvalue weighted by Crippen LogP contribution is 2.39. The lowest BCUT2D eigenvalue weighted by Gasteiger charge is -2.18. The maximum atomic E-state index is 6.12. The van der Waals surface area contributed by atoms with Crippen molar-refractivity contribution in [2.75, 3.05) is 26.2 Å². The topological polar surface area (TPSA) is 60.6 Å². The molecule has 2 aliphatic rings. The Balaban J connectivity index is 1.19. The second-order valence-electron chi connectivity index (χ2n) is 6.63. The second kappa shape index (κ2) is 7.01. The molecule has 0 spiro atoms. The number of benzene rings is 1. The van der Waals surface area contributed by atoms with Gasteiger partial charge in [-0.1, -0.05) is 35.5 Å². The molecule has 2 saturated heterocycles. The number of likely N-dealkylation sites (tertiary alicyclic amines) is 1. The fourth-order valence-electron chi connectivity index (χ4n) is 3.60. The molecule has 4 rings (SSSR count). The first kappa shape index (κ1) is 15.7. The van der Waals surface area contributed by atoms with Gasteiger partial charge in [-0.25, -0.2) is 0 Å². The third kappa shape index (κ3) is 3.50. The summed E-state index contributed by atoms with van der Waals surface area (Å²) in [6.45, 7) is 6.22. The van der Waals surface area contributed by atoms with E-state index in [1.807, 2.05) is 25.1 Å². The molecule has 1 aromatic carbocycles. The van der Waals surface area contributed by atoms with Crippen molar-refractivity contribution in [3.8, 4) is 0 Å². The Labute approximate surface area is 141 Å². The molecule has 0 bridgehead atoms. The van der Waals surface area contributed by atoms with Crippen LogP contribution in [0.1, 0.15) is 29.8 Å². The predicted octanol–water partition coefficient (Wildman–Crippen LogP) is 2.36. The van der Waals surface area contributed by atoms with Gasteiger partial charge in [-0.15, -0.1) is 0 Å². The Morgan fingerprint density at radius 2 is 2.12 bits per heavy atom. The first-order valence-corrected chi connectivity index (χ1v) is 8.57. The first-order valence-electron chi connectivity index (χ1n) is 8.57. The zero-order chi connectivity index (χ0) is 16.4. The molecular formula is C18H23N3O3. The lowest BCUT2D eigenvalue weighted by atomic mass is 10.0. The first-order chi connectivity index (χ1) is 11.8. The van der Waals surface area contributed by atoms with Crippen LogP contribution in [0.15, 0.2) is 34.9 Å². The second-order valence-corrected chi connectivity index (χ2v) is 6.63. The largest absolute Gasteiger partial charge is 0.375 e. The van der Waals surface area contributed by atoms with Crippen LogP contribution in [0.4, 0.5) is 0 Å². The lowest BCUT2D eigenvalue weighted by Crippen LogP contribution is -2.27. The number of hydrogen-bond donors (Lipinski definition) is 0. The molecule has 0 aliphatic carbocycles. The summed E-state index contributed by atoms with van der Waals surface area (Å²) in [6, 6.07) is 10.3. The number of nitrogens with zero attached hydrogens (tertiary/aromatic N) is 3. The summed E-state index contributed by atoms with van der Waals surface area (Å²) in [5, 5.41) is 3.99. The van der Waals surface area contributed by atoms with E-state index in [4.69, 9.17) is 14.0 Å². The van der Waals surface area contributed by atoms with Crippen LogP contribution in [-0.4, -0.2) is 47.4 Å². The summed E-state index contributed by atoms with van der Waals surface area (Å²) in [6.07, 6.45) is 1.25. The summed E-state index contributed by atoms with van der Waals surface area (Å²) in [5.74, 6) is 1.85. The zero-order valence-electron chi connectivity index (χ0n) is 13.9. The average molecular weight is 329 g/mol. The van der Waals surface area contributed by atoms with E-state index < -0.39 is 0 Å².